The number of phenolic OH excluding ortho intramolecular Hbond substituents is 1. The molecular formula is C14H18O4. The number of hydrogen-bond acceptors (Lipinski definition) is 4. The van der Waals surface area contributed by atoms with Gasteiger partial charge in [-0.3, -0.25) is 9.59 Å². The molecule has 4 nitrogen and oxygen atoms in total. The van der Waals surface area contributed by atoms with Crippen LogP contribution in [0.4, 0.5) is 0 Å². The summed E-state index contributed by atoms with van der Waals surface area (Å²) in [7, 11) is 0. The molecule has 0 saturated heterocycles. The minimum Gasteiger partial charge on any atom is -0.507 e. The highest BCUT2D eigenvalue weighted by Crippen LogP contribution is 2.35. The van der Waals surface area contributed by atoms with Gasteiger partial charge in [-0.2, -0.15) is 0 Å². The average Bonchev–Trinajstić information content (AvgIpc) is 2.28. The fourth-order valence-corrected chi connectivity index (χ4v) is 2.03. The van der Waals surface area contributed by atoms with Gasteiger partial charge in [0.1, 0.15) is 11.5 Å². The number of phenols is 1. The summed E-state index contributed by atoms with van der Waals surface area (Å²) < 4.78 is 5.20. The minimum atomic E-state index is -0.431. The molecule has 0 atom stereocenters. The van der Waals surface area contributed by atoms with Crippen LogP contribution in [0.1, 0.15) is 49.2 Å². The summed E-state index contributed by atoms with van der Waals surface area (Å²) in [6.07, 6.45) is 1.13. The molecule has 1 aromatic carbocycles. The molecular weight excluding hydrogens is 232 g/mol. The highest BCUT2D eigenvalue weighted by molar-refractivity contribution is 5.99. The number of carbonyl (C=O) groups excluding carboxylic acids is 2. The third-order valence-corrected chi connectivity index (χ3v) is 2.77. The molecule has 0 aliphatic carbocycles. The Kier molecular flexibility index (Phi) is 4.48. The molecule has 0 saturated carbocycles. The second-order valence-electron chi connectivity index (χ2n) is 4.09. The Bertz CT molecular complexity index is 489. The summed E-state index contributed by atoms with van der Waals surface area (Å²) in [4.78, 5) is 22.7. The zero-order valence-corrected chi connectivity index (χ0v) is 11.2. The highest BCUT2D eigenvalue weighted by Gasteiger charge is 2.21. The predicted molar refractivity (Wildman–Crippen MR) is 68.2 cm³/mol. The van der Waals surface area contributed by atoms with Crippen molar-refractivity contribution in [2.45, 2.75) is 40.5 Å². The predicted octanol–water partition coefficient (Wildman–Crippen LogP) is 2.64. The Balaban J connectivity index is 3.58. The topological polar surface area (TPSA) is 63.6 Å². The number of esters is 1. The van der Waals surface area contributed by atoms with Crippen LogP contribution in [0.25, 0.3) is 0 Å². The fourth-order valence-electron chi connectivity index (χ4n) is 2.03. The molecule has 0 fully saturated rings. The molecule has 18 heavy (non-hydrogen) atoms. The van der Waals surface area contributed by atoms with E-state index >= 15 is 0 Å². The van der Waals surface area contributed by atoms with Gasteiger partial charge < -0.3 is 9.84 Å². The van der Waals surface area contributed by atoms with Crippen LogP contribution in [0.15, 0.2) is 6.07 Å². The van der Waals surface area contributed by atoms with Crippen molar-refractivity contribution in [2.75, 3.05) is 0 Å². The lowest BCUT2D eigenvalue weighted by Crippen LogP contribution is -2.10. The van der Waals surface area contributed by atoms with Gasteiger partial charge in [0.25, 0.3) is 0 Å². The lowest BCUT2D eigenvalue weighted by Gasteiger charge is -2.16. The van der Waals surface area contributed by atoms with E-state index in [-0.39, 0.29) is 17.1 Å². The van der Waals surface area contributed by atoms with Gasteiger partial charge in [-0.25, -0.2) is 0 Å². The van der Waals surface area contributed by atoms with Gasteiger partial charge in [0.15, 0.2) is 5.78 Å². The standard InChI is InChI=1S/C14H18O4/c1-5-10-7-12(17)13(8(3)15)11(6-2)14(10)18-9(4)16/h7,17H,5-6H2,1-4H3. The van der Waals surface area contributed by atoms with E-state index in [1.165, 1.54) is 19.9 Å². The van der Waals surface area contributed by atoms with Crippen LogP contribution in [0, 0.1) is 0 Å². The fraction of sp³-hybridized carbons (Fsp3) is 0.429. The number of aromatic hydroxyl groups is 1. The molecule has 0 aromatic heterocycles. The number of ketones is 1. The number of hydrogen-bond donors (Lipinski definition) is 1. The van der Waals surface area contributed by atoms with E-state index in [4.69, 9.17) is 4.74 Å². The molecule has 0 aliphatic heterocycles. The highest BCUT2D eigenvalue weighted by atomic mass is 16.5. The number of benzene rings is 1. The van der Waals surface area contributed by atoms with Crippen molar-refractivity contribution < 1.29 is 19.4 Å². The van der Waals surface area contributed by atoms with E-state index < -0.39 is 5.97 Å². The van der Waals surface area contributed by atoms with Crippen LogP contribution < -0.4 is 4.74 Å². The number of carbonyl (C=O) groups is 2. The molecule has 1 N–H and O–H groups in total. The van der Waals surface area contributed by atoms with Crippen molar-refractivity contribution >= 4 is 11.8 Å². The maximum absolute atomic E-state index is 11.6. The zero-order valence-electron chi connectivity index (χ0n) is 11.2. The first-order valence-electron chi connectivity index (χ1n) is 5.99. The van der Waals surface area contributed by atoms with Gasteiger partial charge >= 0.3 is 5.97 Å². The van der Waals surface area contributed by atoms with E-state index in [0.29, 0.717) is 24.2 Å². The molecule has 0 spiro atoms. The van der Waals surface area contributed by atoms with E-state index in [9.17, 15) is 14.7 Å². The van der Waals surface area contributed by atoms with Crippen LogP contribution in [-0.2, 0) is 17.6 Å². The lowest BCUT2D eigenvalue weighted by molar-refractivity contribution is -0.132. The van der Waals surface area contributed by atoms with Crippen molar-refractivity contribution in [1.82, 2.24) is 0 Å². The van der Waals surface area contributed by atoms with Crippen molar-refractivity contribution in [2.24, 2.45) is 0 Å². The van der Waals surface area contributed by atoms with Gasteiger partial charge in [-0.15, -0.1) is 0 Å². The van der Waals surface area contributed by atoms with Crippen LogP contribution in [-0.4, -0.2) is 16.9 Å². The van der Waals surface area contributed by atoms with Crippen LogP contribution >= 0.6 is 0 Å². The van der Waals surface area contributed by atoms with Gasteiger partial charge in [0.05, 0.1) is 5.56 Å². The molecule has 0 unspecified atom stereocenters. The van der Waals surface area contributed by atoms with E-state index in [1.54, 1.807) is 0 Å². The maximum atomic E-state index is 11.6. The Hall–Kier alpha value is -1.84. The summed E-state index contributed by atoms with van der Waals surface area (Å²) in [6.45, 7) is 6.46. The monoisotopic (exact) mass is 250 g/mol. The Morgan fingerprint density at radius 1 is 1.22 bits per heavy atom. The summed E-state index contributed by atoms with van der Waals surface area (Å²) >= 11 is 0. The van der Waals surface area contributed by atoms with Crippen molar-refractivity contribution in [1.29, 1.82) is 0 Å². The van der Waals surface area contributed by atoms with E-state index in [0.717, 1.165) is 5.56 Å². The molecule has 98 valence electrons. The first kappa shape index (κ1) is 14.2. The third-order valence-electron chi connectivity index (χ3n) is 2.77. The minimum absolute atomic E-state index is 0.0490. The number of aryl methyl sites for hydroxylation is 1. The number of ether oxygens (including phenoxy) is 1. The third kappa shape index (κ3) is 2.70. The first-order valence-corrected chi connectivity index (χ1v) is 5.99. The second kappa shape index (κ2) is 5.67. The summed E-state index contributed by atoms with van der Waals surface area (Å²) in [6, 6.07) is 1.49. The molecule has 0 heterocycles. The summed E-state index contributed by atoms with van der Waals surface area (Å²) in [5.74, 6) is -0.303. The smallest absolute Gasteiger partial charge is 0.308 e. The molecule has 0 aliphatic rings. The van der Waals surface area contributed by atoms with Crippen molar-refractivity contribution in [3.05, 3.63) is 22.8 Å². The lowest BCUT2D eigenvalue weighted by atomic mass is 9.95. The largest absolute Gasteiger partial charge is 0.507 e. The summed E-state index contributed by atoms with van der Waals surface area (Å²) in [5, 5.41) is 9.90. The summed E-state index contributed by atoms with van der Waals surface area (Å²) in [5.41, 5.74) is 1.56. The SMILES string of the molecule is CCc1cc(O)c(C(C)=O)c(CC)c1OC(C)=O. The molecule has 0 radical (unpaired) electrons. The molecule has 4 heteroatoms. The Labute approximate surface area is 107 Å². The molecule has 1 rings (SSSR count). The normalized spacial score (nSPS) is 10.2. The Morgan fingerprint density at radius 2 is 1.83 bits per heavy atom. The maximum Gasteiger partial charge on any atom is 0.308 e. The van der Waals surface area contributed by atoms with Gasteiger partial charge in [-0.05, 0) is 31.4 Å². The van der Waals surface area contributed by atoms with Crippen molar-refractivity contribution in [3.63, 3.8) is 0 Å². The van der Waals surface area contributed by atoms with Gasteiger partial charge in [-0.1, -0.05) is 13.8 Å². The average molecular weight is 250 g/mol. The Morgan fingerprint density at radius 3 is 2.22 bits per heavy atom. The zero-order chi connectivity index (χ0) is 13.9. The van der Waals surface area contributed by atoms with E-state index in [2.05, 4.69) is 0 Å². The second-order valence-corrected chi connectivity index (χ2v) is 4.09. The van der Waals surface area contributed by atoms with Crippen LogP contribution in [0.2, 0.25) is 0 Å². The van der Waals surface area contributed by atoms with Crippen molar-refractivity contribution in [3.8, 4) is 11.5 Å². The molecule has 0 bridgehead atoms. The molecule has 1 aromatic rings. The quantitative estimate of drug-likeness (QED) is 0.507. The van der Waals surface area contributed by atoms with Crippen LogP contribution in [0.3, 0.4) is 0 Å². The first-order chi connectivity index (χ1) is 8.42. The van der Waals surface area contributed by atoms with Gasteiger partial charge in [0, 0.05) is 12.5 Å². The van der Waals surface area contributed by atoms with Gasteiger partial charge in [0.2, 0.25) is 0 Å². The molecule has 0 amide bonds. The number of Topliss-reactive ketones (excluding diaryl/α,β-unsaturated/α-hetero) is 1. The van der Waals surface area contributed by atoms with Crippen LogP contribution in [0.5, 0.6) is 11.5 Å². The number of rotatable bonds is 4. The van der Waals surface area contributed by atoms with E-state index in [1.807, 2.05) is 13.8 Å².